The van der Waals surface area contributed by atoms with E-state index in [0.717, 1.165) is 0 Å². The predicted octanol–water partition coefficient (Wildman–Crippen LogP) is 3.29. The van der Waals surface area contributed by atoms with Gasteiger partial charge in [-0.25, -0.2) is 4.99 Å². The molecular formula is C12H7Cl2NO2. The zero-order valence-corrected chi connectivity index (χ0v) is 10.0. The highest BCUT2D eigenvalue weighted by Gasteiger charge is 2.15. The molecule has 1 aromatic rings. The van der Waals surface area contributed by atoms with E-state index in [-0.39, 0.29) is 21.6 Å². The molecule has 0 spiro atoms. The molecule has 0 aromatic heterocycles. The summed E-state index contributed by atoms with van der Waals surface area (Å²) in [5.41, 5.74) is 1.03. The number of hydrogen-bond acceptors (Lipinski definition) is 3. The Bertz CT molecular complexity index is 556. The summed E-state index contributed by atoms with van der Waals surface area (Å²) in [5.74, 6) is -0.177. The summed E-state index contributed by atoms with van der Waals surface area (Å²) in [6.07, 6.45) is 2.64. The van der Waals surface area contributed by atoms with E-state index in [0.29, 0.717) is 11.4 Å². The van der Waals surface area contributed by atoms with Crippen LogP contribution in [0.1, 0.15) is 0 Å². The minimum absolute atomic E-state index is 0.0759. The van der Waals surface area contributed by atoms with E-state index >= 15 is 0 Å². The molecule has 0 amide bonds. The minimum Gasteiger partial charge on any atom is -0.508 e. The second-order valence-corrected chi connectivity index (χ2v) is 4.18. The number of allylic oxidation sites excluding steroid dienone is 4. The highest BCUT2D eigenvalue weighted by atomic mass is 35.5. The monoisotopic (exact) mass is 267 g/mol. The Labute approximate surface area is 108 Å². The Balaban J connectivity index is 2.37. The van der Waals surface area contributed by atoms with Gasteiger partial charge in [0.15, 0.2) is 5.78 Å². The number of benzene rings is 1. The van der Waals surface area contributed by atoms with Crippen LogP contribution in [0.3, 0.4) is 0 Å². The van der Waals surface area contributed by atoms with E-state index in [1.165, 1.54) is 24.3 Å². The van der Waals surface area contributed by atoms with Gasteiger partial charge in [-0.2, -0.15) is 0 Å². The van der Waals surface area contributed by atoms with Crippen LogP contribution in [0.2, 0.25) is 0 Å². The molecule has 0 atom stereocenters. The number of ketones is 1. The first kappa shape index (κ1) is 11.9. The van der Waals surface area contributed by atoms with Gasteiger partial charge in [-0.3, -0.25) is 4.79 Å². The molecule has 5 heteroatoms. The molecule has 1 aliphatic rings. The smallest absolute Gasteiger partial charge is 0.198 e. The summed E-state index contributed by atoms with van der Waals surface area (Å²) in [6.45, 7) is 0. The SMILES string of the molecule is O=C1C=C(Cl)C(=Nc2ccc(O)cc2)C=C1Cl. The lowest BCUT2D eigenvalue weighted by atomic mass is 10.1. The van der Waals surface area contributed by atoms with Crippen LogP contribution in [0, 0.1) is 0 Å². The molecule has 0 saturated heterocycles. The molecular weight excluding hydrogens is 261 g/mol. The molecule has 0 bridgehead atoms. The normalized spacial score (nSPS) is 18.0. The molecule has 1 aliphatic carbocycles. The highest BCUT2D eigenvalue weighted by molar-refractivity contribution is 6.54. The molecule has 1 aromatic carbocycles. The summed E-state index contributed by atoms with van der Waals surface area (Å²) in [6, 6.07) is 6.28. The van der Waals surface area contributed by atoms with E-state index in [2.05, 4.69) is 4.99 Å². The number of aliphatic imine (C=N–C) groups is 1. The van der Waals surface area contributed by atoms with Gasteiger partial charge in [0.25, 0.3) is 0 Å². The van der Waals surface area contributed by atoms with Gasteiger partial charge in [0.2, 0.25) is 0 Å². The third kappa shape index (κ3) is 2.75. The van der Waals surface area contributed by atoms with Gasteiger partial charge in [-0.1, -0.05) is 23.2 Å². The van der Waals surface area contributed by atoms with Crippen LogP contribution in [0.5, 0.6) is 5.75 Å². The van der Waals surface area contributed by atoms with Crippen molar-refractivity contribution in [3.05, 3.63) is 46.5 Å². The minimum atomic E-state index is -0.332. The zero-order valence-electron chi connectivity index (χ0n) is 8.52. The standard InChI is InChI=1S/C12H7Cl2NO2/c13-9-6-12(17)10(14)5-11(9)15-7-1-3-8(16)4-2-7/h1-6,16H. The lowest BCUT2D eigenvalue weighted by Crippen LogP contribution is -2.07. The van der Waals surface area contributed by atoms with Gasteiger partial charge in [-0.05, 0) is 30.3 Å². The van der Waals surface area contributed by atoms with E-state index in [1.54, 1.807) is 12.1 Å². The molecule has 2 rings (SSSR count). The van der Waals surface area contributed by atoms with Crippen molar-refractivity contribution in [1.29, 1.82) is 0 Å². The third-order valence-electron chi connectivity index (χ3n) is 2.10. The van der Waals surface area contributed by atoms with E-state index in [4.69, 9.17) is 28.3 Å². The van der Waals surface area contributed by atoms with Crippen molar-refractivity contribution in [3.63, 3.8) is 0 Å². The first-order chi connectivity index (χ1) is 8.06. The zero-order chi connectivity index (χ0) is 12.4. The summed E-state index contributed by atoms with van der Waals surface area (Å²) in [5, 5.41) is 9.45. The molecule has 0 fully saturated rings. The quantitative estimate of drug-likeness (QED) is 0.794. The Morgan fingerprint density at radius 2 is 1.65 bits per heavy atom. The van der Waals surface area contributed by atoms with E-state index in [1.807, 2.05) is 0 Å². The van der Waals surface area contributed by atoms with Crippen molar-refractivity contribution in [2.24, 2.45) is 4.99 Å². The number of carbonyl (C=O) groups is 1. The van der Waals surface area contributed by atoms with Crippen LogP contribution in [0.25, 0.3) is 0 Å². The number of carbonyl (C=O) groups excluding carboxylic acids is 1. The van der Waals surface area contributed by atoms with Crippen LogP contribution < -0.4 is 0 Å². The molecule has 17 heavy (non-hydrogen) atoms. The Kier molecular flexibility index (Phi) is 3.31. The Morgan fingerprint density at radius 3 is 2.29 bits per heavy atom. The maximum absolute atomic E-state index is 11.2. The van der Waals surface area contributed by atoms with Crippen LogP contribution in [0.4, 0.5) is 5.69 Å². The molecule has 0 radical (unpaired) electrons. The first-order valence-corrected chi connectivity index (χ1v) is 5.48. The number of phenolic OH excluding ortho intramolecular Hbond substituents is 1. The molecule has 3 nitrogen and oxygen atoms in total. The molecule has 0 aliphatic heterocycles. The van der Waals surface area contributed by atoms with Crippen LogP contribution in [0.15, 0.2) is 51.5 Å². The maximum Gasteiger partial charge on any atom is 0.198 e. The number of aromatic hydroxyl groups is 1. The van der Waals surface area contributed by atoms with E-state index < -0.39 is 0 Å². The van der Waals surface area contributed by atoms with Crippen molar-refractivity contribution in [1.82, 2.24) is 0 Å². The number of phenols is 1. The largest absolute Gasteiger partial charge is 0.508 e. The van der Waals surface area contributed by atoms with Gasteiger partial charge >= 0.3 is 0 Å². The fourth-order valence-electron chi connectivity index (χ4n) is 1.27. The average Bonchev–Trinajstić information content (AvgIpc) is 2.29. The fourth-order valence-corrected chi connectivity index (χ4v) is 1.62. The van der Waals surface area contributed by atoms with Crippen LogP contribution >= 0.6 is 23.2 Å². The van der Waals surface area contributed by atoms with Gasteiger partial charge in [-0.15, -0.1) is 0 Å². The van der Waals surface area contributed by atoms with Gasteiger partial charge < -0.3 is 5.11 Å². The predicted molar refractivity (Wildman–Crippen MR) is 68.1 cm³/mol. The fraction of sp³-hybridized carbons (Fsp3) is 0. The number of halogens is 2. The topological polar surface area (TPSA) is 49.7 Å². The third-order valence-corrected chi connectivity index (χ3v) is 2.70. The van der Waals surface area contributed by atoms with Crippen molar-refractivity contribution >= 4 is 40.4 Å². The summed E-state index contributed by atoms with van der Waals surface area (Å²) >= 11 is 11.6. The average molecular weight is 268 g/mol. The summed E-state index contributed by atoms with van der Waals surface area (Å²) in [7, 11) is 0. The second kappa shape index (κ2) is 4.73. The van der Waals surface area contributed by atoms with Crippen LogP contribution in [-0.4, -0.2) is 16.6 Å². The lowest BCUT2D eigenvalue weighted by Gasteiger charge is -2.06. The van der Waals surface area contributed by atoms with Crippen LogP contribution in [-0.2, 0) is 4.79 Å². The lowest BCUT2D eigenvalue weighted by molar-refractivity contribution is -0.110. The second-order valence-electron chi connectivity index (χ2n) is 3.36. The van der Waals surface area contributed by atoms with Gasteiger partial charge in [0, 0.05) is 6.08 Å². The number of nitrogens with zero attached hydrogens (tertiary/aromatic N) is 1. The highest BCUT2D eigenvalue weighted by Crippen LogP contribution is 2.23. The van der Waals surface area contributed by atoms with Crippen molar-refractivity contribution in [2.75, 3.05) is 0 Å². The van der Waals surface area contributed by atoms with E-state index in [9.17, 15) is 4.79 Å². The molecule has 1 N–H and O–H groups in total. The Morgan fingerprint density at radius 1 is 1.00 bits per heavy atom. The van der Waals surface area contributed by atoms with Crippen molar-refractivity contribution in [2.45, 2.75) is 0 Å². The summed E-state index contributed by atoms with van der Waals surface area (Å²) in [4.78, 5) is 15.4. The molecule has 0 unspecified atom stereocenters. The Hall–Kier alpha value is -1.58. The van der Waals surface area contributed by atoms with Crippen molar-refractivity contribution < 1.29 is 9.90 Å². The number of hydrogen-bond donors (Lipinski definition) is 1. The molecule has 86 valence electrons. The first-order valence-electron chi connectivity index (χ1n) is 4.73. The maximum atomic E-state index is 11.2. The van der Waals surface area contributed by atoms with Gasteiger partial charge in [0.05, 0.1) is 21.5 Å². The molecule has 0 saturated carbocycles. The van der Waals surface area contributed by atoms with Crippen molar-refractivity contribution in [3.8, 4) is 5.75 Å². The summed E-state index contributed by atoms with van der Waals surface area (Å²) < 4.78 is 0. The van der Waals surface area contributed by atoms with Gasteiger partial charge in [0.1, 0.15) is 5.75 Å². The molecule has 0 heterocycles. The number of rotatable bonds is 1.